The van der Waals surface area contributed by atoms with Gasteiger partial charge in [0.1, 0.15) is 5.75 Å². The molecule has 1 aliphatic heterocycles. The zero-order valence-electron chi connectivity index (χ0n) is 15.7. The monoisotopic (exact) mass is 438 g/mol. The zero-order valence-corrected chi connectivity index (χ0v) is 17.3. The lowest BCUT2D eigenvalue weighted by Crippen LogP contribution is -2.37. The van der Waals surface area contributed by atoms with Crippen LogP contribution in [0.15, 0.2) is 36.4 Å². The van der Waals surface area contributed by atoms with Gasteiger partial charge in [-0.05, 0) is 36.4 Å². The van der Waals surface area contributed by atoms with E-state index in [1.165, 1.54) is 13.2 Å². The van der Waals surface area contributed by atoms with E-state index < -0.39 is 11.9 Å². The van der Waals surface area contributed by atoms with Gasteiger partial charge in [0.15, 0.2) is 6.61 Å². The van der Waals surface area contributed by atoms with E-state index in [-0.39, 0.29) is 6.61 Å². The van der Waals surface area contributed by atoms with Crippen LogP contribution in [0.3, 0.4) is 0 Å². The number of ether oxygens (including phenoxy) is 3. The van der Waals surface area contributed by atoms with E-state index in [0.717, 1.165) is 5.69 Å². The molecule has 0 unspecified atom stereocenters. The normalized spacial score (nSPS) is 13.7. The first-order valence-corrected chi connectivity index (χ1v) is 9.66. The van der Waals surface area contributed by atoms with Crippen molar-refractivity contribution in [1.82, 2.24) is 0 Å². The lowest BCUT2D eigenvalue weighted by molar-refractivity contribution is -0.118. The molecule has 0 bridgehead atoms. The highest BCUT2D eigenvalue weighted by atomic mass is 35.5. The van der Waals surface area contributed by atoms with Gasteiger partial charge in [0, 0.05) is 18.1 Å². The molecular formula is C20H20Cl2N2O5. The summed E-state index contributed by atoms with van der Waals surface area (Å²) in [5.41, 5.74) is 1.62. The number of methoxy groups -OCH3 is 1. The number of carbonyl (C=O) groups is 2. The minimum absolute atomic E-state index is 0.258. The predicted molar refractivity (Wildman–Crippen MR) is 111 cm³/mol. The molecule has 0 spiro atoms. The van der Waals surface area contributed by atoms with E-state index in [9.17, 15) is 9.59 Å². The molecule has 1 N–H and O–H groups in total. The molecule has 2 aromatic rings. The van der Waals surface area contributed by atoms with E-state index in [4.69, 9.17) is 37.4 Å². The number of amides is 1. The summed E-state index contributed by atoms with van der Waals surface area (Å²) in [7, 11) is 1.31. The molecule has 1 amide bonds. The molecule has 0 aliphatic carbocycles. The molecule has 1 saturated heterocycles. The average Bonchev–Trinajstić information content (AvgIpc) is 2.73. The van der Waals surface area contributed by atoms with Crippen LogP contribution in [0.2, 0.25) is 10.0 Å². The van der Waals surface area contributed by atoms with Gasteiger partial charge >= 0.3 is 5.97 Å². The number of hydrogen-bond acceptors (Lipinski definition) is 6. The molecule has 1 aliphatic rings. The molecule has 9 heteroatoms. The van der Waals surface area contributed by atoms with Crippen LogP contribution in [0, 0.1) is 0 Å². The average molecular weight is 439 g/mol. The van der Waals surface area contributed by atoms with Crippen molar-refractivity contribution in [2.75, 3.05) is 50.2 Å². The van der Waals surface area contributed by atoms with Gasteiger partial charge in [-0.2, -0.15) is 0 Å². The first-order valence-electron chi connectivity index (χ1n) is 8.90. The molecule has 29 heavy (non-hydrogen) atoms. The fourth-order valence-corrected chi connectivity index (χ4v) is 3.35. The van der Waals surface area contributed by atoms with Crippen molar-refractivity contribution in [3.63, 3.8) is 0 Å². The Hall–Kier alpha value is -2.48. The molecule has 154 valence electrons. The summed E-state index contributed by atoms with van der Waals surface area (Å²) in [4.78, 5) is 26.5. The van der Waals surface area contributed by atoms with E-state index in [2.05, 4.69) is 10.2 Å². The minimum atomic E-state index is -0.488. The Kier molecular flexibility index (Phi) is 7.19. The van der Waals surface area contributed by atoms with Gasteiger partial charge < -0.3 is 24.4 Å². The highest BCUT2D eigenvalue weighted by Gasteiger charge is 2.19. The summed E-state index contributed by atoms with van der Waals surface area (Å²) in [6, 6.07) is 9.78. The Balaban J connectivity index is 1.75. The summed E-state index contributed by atoms with van der Waals surface area (Å²) in [5.74, 6) is -0.534. The Morgan fingerprint density at radius 2 is 1.90 bits per heavy atom. The lowest BCUT2D eigenvalue weighted by atomic mass is 10.1. The Labute approximate surface area is 178 Å². The lowest BCUT2D eigenvalue weighted by Gasteiger charge is -2.30. The third kappa shape index (κ3) is 5.53. The largest absolute Gasteiger partial charge is 0.482 e. The van der Waals surface area contributed by atoms with Crippen molar-refractivity contribution in [3.8, 4) is 5.75 Å². The molecule has 7 nitrogen and oxygen atoms in total. The van der Waals surface area contributed by atoms with Gasteiger partial charge in [-0.15, -0.1) is 0 Å². The van der Waals surface area contributed by atoms with E-state index >= 15 is 0 Å². The summed E-state index contributed by atoms with van der Waals surface area (Å²) < 4.78 is 15.6. The predicted octanol–water partition coefficient (Wildman–Crippen LogP) is 3.63. The summed E-state index contributed by atoms with van der Waals surface area (Å²) in [6.45, 7) is 2.27. The molecule has 0 aromatic heterocycles. The maximum Gasteiger partial charge on any atom is 0.337 e. The SMILES string of the molecule is COC(=O)c1ccc(N2CCOCC2)c(NC(=O)COc2ccc(Cl)cc2Cl)c1. The summed E-state index contributed by atoms with van der Waals surface area (Å²) in [5, 5.41) is 3.59. The van der Waals surface area contributed by atoms with Crippen molar-refractivity contribution in [2.24, 2.45) is 0 Å². The minimum Gasteiger partial charge on any atom is -0.482 e. The van der Waals surface area contributed by atoms with E-state index in [1.54, 1.807) is 30.3 Å². The third-order valence-electron chi connectivity index (χ3n) is 4.30. The Morgan fingerprint density at radius 3 is 2.59 bits per heavy atom. The molecular weight excluding hydrogens is 419 g/mol. The van der Waals surface area contributed by atoms with Crippen LogP contribution in [0.5, 0.6) is 5.75 Å². The number of anilines is 2. The van der Waals surface area contributed by atoms with Gasteiger partial charge in [-0.25, -0.2) is 4.79 Å². The number of nitrogens with one attached hydrogen (secondary N) is 1. The van der Waals surface area contributed by atoms with Gasteiger partial charge in [0.05, 0.1) is 42.3 Å². The fraction of sp³-hybridized carbons (Fsp3) is 0.300. The van der Waals surface area contributed by atoms with Crippen LogP contribution in [0.4, 0.5) is 11.4 Å². The number of rotatable bonds is 6. The van der Waals surface area contributed by atoms with Crippen molar-refractivity contribution >= 4 is 46.5 Å². The first kappa shape index (κ1) is 21.2. The van der Waals surface area contributed by atoms with Gasteiger partial charge in [0.2, 0.25) is 0 Å². The van der Waals surface area contributed by atoms with Gasteiger partial charge in [-0.1, -0.05) is 23.2 Å². The van der Waals surface area contributed by atoms with Crippen molar-refractivity contribution < 1.29 is 23.8 Å². The highest BCUT2D eigenvalue weighted by molar-refractivity contribution is 6.35. The number of hydrogen-bond donors (Lipinski definition) is 1. The van der Waals surface area contributed by atoms with Crippen LogP contribution in [-0.4, -0.2) is 51.9 Å². The van der Waals surface area contributed by atoms with Crippen LogP contribution in [0.25, 0.3) is 0 Å². The second kappa shape index (κ2) is 9.82. The molecule has 0 saturated carbocycles. The molecule has 2 aromatic carbocycles. The van der Waals surface area contributed by atoms with E-state index in [0.29, 0.717) is 53.3 Å². The maximum absolute atomic E-state index is 12.5. The first-order chi connectivity index (χ1) is 14.0. The second-order valence-corrected chi connectivity index (χ2v) is 7.08. The van der Waals surface area contributed by atoms with Crippen LogP contribution in [0.1, 0.15) is 10.4 Å². The summed E-state index contributed by atoms with van der Waals surface area (Å²) >= 11 is 11.9. The van der Waals surface area contributed by atoms with Crippen molar-refractivity contribution in [1.29, 1.82) is 0 Å². The Morgan fingerprint density at radius 1 is 1.14 bits per heavy atom. The maximum atomic E-state index is 12.5. The fourth-order valence-electron chi connectivity index (χ4n) is 2.88. The molecule has 1 heterocycles. The Bertz CT molecular complexity index is 900. The number of benzene rings is 2. The smallest absolute Gasteiger partial charge is 0.337 e. The van der Waals surface area contributed by atoms with E-state index in [1.807, 2.05) is 0 Å². The summed E-state index contributed by atoms with van der Waals surface area (Å²) in [6.07, 6.45) is 0. The van der Waals surface area contributed by atoms with Crippen LogP contribution >= 0.6 is 23.2 Å². The zero-order chi connectivity index (χ0) is 20.8. The van der Waals surface area contributed by atoms with Crippen LogP contribution < -0.4 is 15.0 Å². The highest BCUT2D eigenvalue weighted by Crippen LogP contribution is 2.29. The molecule has 3 rings (SSSR count). The second-order valence-electron chi connectivity index (χ2n) is 6.23. The molecule has 0 radical (unpaired) electrons. The van der Waals surface area contributed by atoms with Crippen molar-refractivity contribution in [3.05, 3.63) is 52.0 Å². The number of morpholine rings is 1. The number of nitrogens with zero attached hydrogens (tertiary/aromatic N) is 1. The number of carbonyl (C=O) groups excluding carboxylic acids is 2. The van der Waals surface area contributed by atoms with Gasteiger partial charge in [-0.3, -0.25) is 4.79 Å². The number of esters is 1. The van der Waals surface area contributed by atoms with Crippen molar-refractivity contribution in [2.45, 2.75) is 0 Å². The number of halogens is 2. The third-order valence-corrected chi connectivity index (χ3v) is 4.83. The topological polar surface area (TPSA) is 77.1 Å². The van der Waals surface area contributed by atoms with Crippen LogP contribution in [-0.2, 0) is 14.3 Å². The molecule has 1 fully saturated rings. The standard InChI is InChI=1S/C20H20Cl2N2O5/c1-27-20(26)13-2-4-17(24-6-8-28-9-7-24)16(10-13)23-19(25)12-29-18-5-3-14(21)11-15(18)22/h2-5,10-11H,6-9,12H2,1H3,(H,23,25). The van der Waals surface area contributed by atoms with Gasteiger partial charge in [0.25, 0.3) is 5.91 Å². The quantitative estimate of drug-likeness (QED) is 0.693. The molecule has 0 atom stereocenters.